The molecule has 0 aliphatic carbocycles. The minimum absolute atomic E-state index is 0.248. The molecule has 1 aliphatic heterocycles. The van der Waals surface area contributed by atoms with Crippen molar-refractivity contribution < 1.29 is 4.79 Å². The van der Waals surface area contributed by atoms with E-state index in [4.69, 9.17) is 11.6 Å². The molecule has 116 valence electrons. The Kier molecular flexibility index (Phi) is 6.52. The molecule has 1 heterocycles. The van der Waals surface area contributed by atoms with Gasteiger partial charge in [0.25, 0.3) is 0 Å². The zero-order valence-corrected chi connectivity index (χ0v) is 13.5. The lowest BCUT2D eigenvalue weighted by Gasteiger charge is -2.35. The van der Waals surface area contributed by atoms with Gasteiger partial charge in [-0.15, -0.1) is 0 Å². The Hall–Kier alpha value is -1.06. The van der Waals surface area contributed by atoms with Crippen molar-refractivity contribution in [3.8, 4) is 0 Å². The molecule has 1 unspecified atom stereocenters. The fourth-order valence-corrected chi connectivity index (χ4v) is 3.06. The van der Waals surface area contributed by atoms with Crippen LogP contribution in [-0.2, 0) is 11.2 Å². The van der Waals surface area contributed by atoms with Crippen LogP contribution in [0.3, 0.4) is 0 Å². The third kappa shape index (κ3) is 5.01. The van der Waals surface area contributed by atoms with Crippen LogP contribution in [0, 0.1) is 0 Å². The summed E-state index contributed by atoms with van der Waals surface area (Å²) in [5.41, 5.74) is 1.24. The van der Waals surface area contributed by atoms with Crippen molar-refractivity contribution in [1.82, 2.24) is 10.2 Å². The maximum Gasteiger partial charge on any atom is 0.236 e. The second-order valence-corrected chi connectivity index (χ2v) is 6.13. The molecule has 1 fully saturated rings. The highest BCUT2D eigenvalue weighted by Gasteiger charge is 2.24. The van der Waals surface area contributed by atoms with Crippen LogP contribution < -0.4 is 5.32 Å². The number of carbonyl (C=O) groups excluding carboxylic acids is 1. The lowest BCUT2D eigenvalue weighted by molar-refractivity contribution is -0.133. The molecule has 1 amide bonds. The summed E-state index contributed by atoms with van der Waals surface area (Å²) >= 11 is 5.86. The van der Waals surface area contributed by atoms with Gasteiger partial charge in [-0.3, -0.25) is 4.79 Å². The second kappa shape index (κ2) is 8.40. The molecule has 1 atom stereocenters. The monoisotopic (exact) mass is 308 g/mol. The molecule has 4 heteroatoms. The van der Waals surface area contributed by atoms with E-state index in [0.29, 0.717) is 12.6 Å². The van der Waals surface area contributed by atoms with Crippen LogP contribution in [0.25, 0.3) is 0 Å². The number of halogens is 1. The predicted molar refractivity (Wildman–Crippen MR) is 87.7 cm³/mol. The third-order valence-corrected chi connectivity index (χ3v) is 4.45. The fourth-order valence-electron chi connectivity index (χ4n) is 2.93. The average molecular weight is 309 g/mol. The Morgan fingerprint density at radius 3 is 2.81 bits per heavy atom. The number of piperidine rings is 1. The lowest BCUT2D eigenvalue weighted by atomic mass is 10.00. The van der Waals surface area contributed by atoms with Gasteiger partial charge in [-0.25, -0.2) is 0 Å². The minimum Gasteiger partial charge on any atom is -0.339 e. The molecule has 0 radical (unpaired) electrons. The van der Waals surface area contributed by atoms with Crippen molar-refractivity contribution in [2.24, 2.45) is 0 Å². The van der Waals surface area contributed by atoms with Gasteiger partial charge in [0.05, 0.1) is 6.54 Å². The van der Waals surface area contributed by atoms with Crippen LogP contribution in [0.5, 0.6) is 0 Å². The minimum atomic E-state index is 0.248. The summed E-state index contributed by atoms with van der Waals surface area (Å²) in [7, 11) is 0. The molecule has 0 aromatic heterocycles. The van der Waals surface area contributed by atoms with Gasteiger partial charge in [0, 0.05) is 17.6 Å². The van der Waals surface area contributed by atoms with Crippen molar-refractivity contribution in [1.29, 1.82) is 0 Å². The Balaban J connectivity index is 1.70. The second-order valence-electron chi connectivity index (χ2n) is 5.70. The van der Waals surface area contributed by atoms with Crippen molar-refractivity contribution >= 4 is 17.5 Å². The lowest BCUT2D eigenvalue weighted by Crippen LogP contribution is -2.47. The third-order valence-electron chi connectivity index (χ3n) is 4.20. The predicted octanol–water partition coefficient (Wildman–Crippen LogP) is 3.26. The number of benzene rings is 1. The number of nitrogens with zero attached hydrogens (tertiary/aromatic N) is 1. The van der Waals surface area contributed by atoms with Crippen LogP contribution in [0.1, 0.15) is 38.2 Å². The van der Waals surface area contributed by atoms with E-state index >= 15 is 0 Å². The molecule has 1 aromatic carbocycles. The zero-order valence-electron chi connectivity index (χ0n) is 12.8. The zero-order chi connectivity index (χ0) is 15.1. The van der Waals surface area contributed by atoms with Gasteiger partial charge in [0.15, 0.2) is 0 Å². The van der Waals surface area contributed by atoms with Crippen LogP contribution in [-0.4, -0.2) is 36.5 Å². The Labute approximate surface area is 132 Å². The van der Waals surface area contributed by atoms with Gasteiger partial charge in [0.2, 0.25) is 5.91 Å². The van der Waals surface area contributed by atoms with Crippen molar-refractivity contribution in [3.05, 3.63) is 34.9 Å². The van der Waals surface area contributed by atoms with Crippen LogP contribution >= 0.6 is 11.6 Å². The maximum absolute atomic E-state index is 12.3. The Bertz CT molecular complexity index is 447. The van der Waals surface area contributed by atoms with Gasteiger partial charge in [0.1, 0.15) is 0 Å². The molecule has 0 saturated carbocycles. The van der Waals surface area contributed by atoms with E-state index in [0.717, 1.165) is 43.8 Å². The summed E-state index contributed by atoms with van der Waals surface area (Å²) < 4.78 is 0. The average Bonchev–Trinajstić information content (AvgIpc) is 2.53. The number of carbonyl (C=O) groups is 1. The smallest absolute Gasteiger partial charge is 0.236 e. The van der Waals surface area contributed by atoms with Gasteiger partial charge in [-0.1, -0.05) is 30.7 Å². The molecule has 21 heavy (non-hydrogen) atoms. The van der Waals surface area contributed by atoms with Crippen molar-refractivity contribution in [2.45, 2.75) is 45.1 Å². The van der Waals surface area contributed by atoms with Gasteiger partial charge in [-0.2, -0.15) is 0 Å². The van der Waals surface area contributed by atoms with E-state index in [1.807, 2.05) is 24.3 Å². The number of likely N-dealkylation sites (tertiary alicyclic amines) is 1. The van der Waals surface area contributed by atoms with Crippen LogP contribution in [0.15, 0.2) is 24.3 Å². The summed E-state index contributed by atoms with van der Waals surface area (Å²) in [6.07, 6.45) is 5.55. The van der Waals surface area contributed by atoms with Crippen molar-refractivity contribution in [2.75, 3.05) is 19.6 Å². The molecule has 0 spiro atoms. The van der Waals surface area contributed by atoms with E-state index in [1.165, 1.54) is 12.0 Å². The summed E-state index contributed by atoms with van der Waals surface area (Å²) in [5, 5.41) is 4.03. The van der Waals surface area contributed by atoms with Gasteiger partial charge >= 0.3 is 0 Å². The van der Waals surface area contributed by atoms with Gasteiger partial charge < -0.3 is 10.2 Å². The molecule has 3 nitrogen and oxygen atoms in total. The van der Waals surface area contributed by atoms with E-state index in [-0.39, 0.29) is 5.91 Å². The molecule has 1 N–H and O–H groups in total. The van der Waals surface area contributed by atoms with Crippen molar-refractivity contribution in [3.63, 3.8) is 0 Å². The molecule has 1 saturated heterocycles. The Morgan fingerprint density at radius 2 is 2.10 bits per heavy atom. The molecule has 2 rings (SSSR count). The normalized spacial score (nSPS) is 18.8. The number of hydrogen-bond donors (Lipinski definition) is 1. The number of amides is 1. The molecule has 1 aliphatic rings. The fraction of sp³-hybridized carbons (Fsp3) is 0.588. The summed E-state index contributed by atoms with van der Waals surface area (Å²) in [6.45, 7) is 4.36. The standard InChI is InChI=1S/C17H25ClN2O/c1-2-16-5-3-4-12-20(16)17(21)13-19-11-10-14-6-8-15(18)9-7-14/h6-9,16,19H,2-5,10-13H2,1H3. The number of rotatable bonds is 6. The summed E-state index contributed by atoms with van der Waals surface area (Å²) in [6, 6.07) is 8.32. The summed E-state index contributed by atoms with van der Waals surface area (Å²) in [5.74, 6) is 0.248. The van der Waals surface area contributed by atoms with Gasteiger partial charge in [-0.05, 0) is 56.3 Å². The molecule has 1 aromatic rings. The highest BCUT2D eigenvalue weighted by molar-refractivity contribution is 6.30. The molecule has 0 bridgehead atoms. The SMILES string of the molecule is CCC1CCCCN1C(=O)CNCCc1ccc(Cl)cc1. The molecular weight excluding hydrogens is 284 g/mol. The van der Waals surface area contributed by atoms with E-state index in [9.17, 15) is 4.79 Å². The topological polar surface area (TPSA) is 32.3 Å². The first kappa shape index (κ1) is 16.3. The van der Waals surface area contributed by atoms with Crippen LogP contribution in [0.2, 0.25) is 5.02 Å². The number of nitrogens with one attached hydrogen (secondary N) is 1. The van der Waals surface area contributed by atoms with E-state index < -0.39 is 0 Å². The van der Waals surface area contributed by atoms with E-state index in [1.54, 1.807) is 0 Å². The number of hydrogen-bond acceptors (Lipinski definition) is 2. The maximum atomic E-state index is 12.3. The first-order chi connectivity index (χ1) is 10.2. The Morgan fingerprint density at radius 1 is 1.33 bits per heavy atom. The quantitative estimate of drug-likeness (QED) is 0.818. The highest BCUT2D eigenvalue weighted by atomic mass is 35.5. The van der Waals surface area contributed by atoms with Crippen LogP contribution in [0.4, 0.5) is 0 Å². The first-order valence-electron chi connectivity index (χ1n) is 7.95. The first-order valence-corrected chi connectivity index (χ1v) is 8.33. The highest BCUT2D eigenvalue weighted by Crippen LogP contribution is 2.19. The van der Waals surface area contributed by atoms with E-state index in [2.05, 4.69) is 17.1 Å². The largest absolute Gasteiger partial charge is 0.339 e. The summed E-state index contributed by atoms with van der Waals surface area (Å²) in [4.78, 5) is 14.3. The molecular formula is C17H25ClN2O.